The topological polar surface area (TPSA) is 42.7 Å². The van der Waals surface area contributed by atoms with E-state index < -0.39 is 11.6 Å². The lowest BCUT2D eigenvalue weighted by atomic mass is 10.2. The zero-order valence-electron chi connectivity index (χ0n) is 9.32. The first kappa shape index (κ1) is 11.7. The quantitative estimate of drug-likeness (QED) is 0.873. The van der Waals surface area contributed by atoms with Crippen molar-refractivity contribution in [2.45, 2.75) is 13.1 Å². The molecule has 6 heteroatoms. The van der Waals surface area contributed by atoms with Crippen molar-refractivity contribution in [3.63, 3.8) is 0 Å². The Balaban J connectivity index is 2.22. The largest absolute Gasteiger partial charge is 0.313 e. The number of aromatic nitrogens is 3. The third-order valence-corrected chi connectivity index (χ3v) is 2.29. The zero-order valence-corrected chi connectivity index (χ0v) is 9.32. The van der Waals surface area contributed by atoms with Gasteiger partial charge >= 0.3 is 0 Å². The van der Waals surface area contributed by atoms with E-state index in [2.05, 4.69) is 15.4 Å². The zero-order chi connectivity index (χ0) is 12.3. The molecule has 1 N–H and O–H groups in total. The van der Waals surface area contributed by atoms with E-state index in [1.165, 1.54) is 18.5 Å². The number of hydrogen-bond acceptors (Lipinski definition) is 3. The molecule has 0 aliphatic rings. The van der Waals surface area contributed by atoms with Crippen LogP contribution >= 0.6 is 0 Å². The Morgan fingerprint density at radius 2 is 1.94 bits per heavy atom. The van der Waals surface area contributed by atoms with Gasteiger partial charge in [0.15, 0.2) is 0 Å². The van der Waals surface area contributed by atoms with E-state index in [-0.39, 0.29) is 0 Å². The lowest BCUT2D eigenvalue weighted by Crippen LogP contribution is -2.14. The predicted octanol–water partition coefficient (Wildman–Crippen LogP) is 1.32. The molecule has 2 aromatic rings. The fraction of sp³-hybridized carbons (Fsp3) is 0.273. The molecule has 0 saturated heterocycles. The first-order valence-electron chi connectivity index (χ1n) is 5.15. The van der Waals surface area contributed by atoms with Gasteiger partial charge in [-0.3, -0.25) is 0 Å². The van der Waals surface area contributed by atoms with Crippen molar-refractivity contribution < 1.29 is 8.78 Å². The number of halogens is 2. The molecule has 0 bridgehead atoms. The Bertz CT molecular complexity index is 490. The highest BCUT2D eigenvalue weighted by atomic mass is 19.1. The van der Waals surface area contributed by atoms with Gasteiger partial charge < -0.3 is 5.32 Å². The highest BCUT2D eigenvalue weighted by Gasteiger charge is 2.06. The highest BCUT2D eigenvalue weighted by molar-refractivity contribution is 5.18. The van der Waals surface area contributed by atoms with Crippen LogP contribution in [0.1, 0.15) is 11.4 Å². The monoisotopic (exact) mass is 238 g/mol. The van der Waals surface area contributed by atoms with E-state index >= 15 is 0 Å². The molecule has 0 radical (unpaired) electrons. The molecule has 1 heterocycles. The van der Waals surface area contributed by atoms with Crippen molar-refractivity contribution in [2.24, 2.45) is 0 Å². The number of hydrogen-bond donors (Lipinski definition) is 1. The molecule has 1 aromatic carbocycles. The summed E-state index contributed by atoms with van der Waals surface area (Å²) in [4.78, 5) is 4.05. The third-order valence-electron chi connectivity index (χ3n) is 2.29. The average Bonchev–Trinajstić information content (AvgIpc) is 2.65. The fourth-order valence-corrected chi connectivity index (χ4v) is 1.59. The molecule has 90 valence electrons. The van der Waals surface area contributed by atoms with Crippen molar-refractivity contribution in [3.05, 3.63) is 47.5 Å². The SMILES string of the molecule is CNCc1ncnn1Cc1cc(F)cc(F)c1. The molecule has 0 amide bonds. The second-order valence-corrected chi connectivity index (χ2v) is 3.64. The van der Waals surface area contributed by atoms with Crippen LogP contribution in [0.25, 0.3) is 0 Å². The van der Waals surface area contributed by atoms with Crippen LogP contribution in [0.3, 0.4) is 0 Å². The van der Waals surface area contributed by atoms with Crippen LogP contribution in [0.5, 0.6) is 0 Å². The Morgan fingerprint density at radius 1 is 1.24 bits per heavy atom. The van der Waals surface area contributed by atoms with Crippen LogP contribution in [-0.2, 0) is 13.1 Å². The molecule has 0 aliphatic heterocycles. The van der Waals surface area contributed by atoms with Crippen molar-refractivity contribution in [1.82, 2.24) is 20.1 Å². The summed E-state index contributed by atoms with van der Waals surface area (Å²) in [5.74, 6) is -0.456. The van der Waals surface area contributed by atoms with Gasteiger partial charge in [-0.05, 0) is 24.7 Å². The molecule has 0 atom stereocenters. The second-order valence-electron chi connectivity index (χ2n) is 3.64. The van der Waals surface area contributed by atoms with Gasteiger partial charge in [0.2, 0.25) is 0 Å². The maximum atomic E-state index is 13.0. The maximum Gasteiger partial charge on any atom is 0.141 e. The Kier molecular flexibility index (Phi) is 3.43. The highest BCUT2D eigenvalue weighted by Crippen LogP contribution is 2.09. The van der Waals surface area contributed by atoms with E-state index in [1.807, 2.05) is 0 Å². The van der Waals surface area contributed by atoms with E-state index in [4.69, 9.17) is 0 Å². The number of nitrogens with zero attached hydrogens (tertiary/aromatic N) is 3. The Labute approximate surface area is 97.3 Å². The van der Waals surface area contributed by atoms with Crippen LogP contribution in [0.2, 0.25) is 0 Å². The minimum Gasteiger partial charge on any atom is -0.313 e. The number of nitrogens with one attached hydrogen (secondary N) is 1. The van der Waals surface area contributed by atoms with Gasteiger partial charge in [0.05, 0.1) is 13.1 Å². The summed E-state index contributed by atoms with van der Waals surface area (Å²) in [5, 5.41) is 6.96. The first-order chi connectivity index (χ1) is 8.19. The molecule has 1 aromatic heterocycles. The van der Waals surface area contributed by atoms with E-state index in [0.717, 1.165) is 11.9 Å². The van der Waals surface area contributed by atoms with Gasteiger partial charge in [-0.1, -0.05) is 0 Å². The van der Waals surface area contributed by atoms with Crippen LogP contribution in [-0.4, -0.2) is 21.8 Å². The molecule has 0 unspecified atom stereocenters. The molecule has 0 spiro atoms. The molecule has 0 saturated carbocycles. The van der Waals surface area contributed by atoms with Crippen LogP contribution in [0, 0.1) is 11.6 Å². The summed E-state index contributed by atoms with van der Waals surface area (Å²) in [5.41, 5.74) is 0.519. The van der Waals surface area contributed by atoms with Crippen LogP contribution in [0.15, 0.2) is 24.5 Å². The molecule has 0 aliphatic carbocycles. The van der Waals surface area contributed by atoms with Gasteiger partial charge in [0.1, 0.15) is 23.8 Å². The summed E-state index contributed by atoms with van der Waals surface area (Å²) in [7, 11) is 1.79. The minimum absolute atomic E-state index is 0.297. The van der Waals surface area contributed by atoms with Crippen molar-refractivity contribution in [2.75, 3.05) is 7.05 Å². The smallest absolute Gasteiger partial charge is 0.141 e. The van der Waals surface area contributed by atoms with Crippen molar-refractivity contribution in [3.8, 4) is 0 Å². The van der Waals surface area contributed by atoms with Gasteiger partial charge in [0.25, 0.3) is 0 Å². The maximum absolute atomic E-state index is 13.0. The molecular weight excluding hydrogens is 226 g/mol. The Hall–Kier alpha value is -1.82. The van der Waals surface area contributed by atoms with E-state index in [0.29, 0.717) is 18.7 Å². The van der Waals surface area contributed by atoms with Gasteiger partial charge in [-0.15, -0.1) is 0 Å². The fourth-order valence-electron chi connectivity index (χ4n) is 1.59. The third kappa shape index (κ3) is 2.85. The Morgan fingerprint density at radius 3 is 2.59 bits per heavy atom. The second kappa shape index (κ2) is 5.01. The first-order valence-corrected chi connectivity index (χ1v) is 5.15. The molecule has 0 fully saturated rings. The van der Waals surface area contributed by atoms with Gasteiger partial charge in [-0.25, -0.2) is 18.4 Å². The molecule has 17 heavy (non-hydrogen) atoms. The summed E-state index contributed by atoms with van der Waals surface area (Å²) < 4.78 is 27.6. The van der Waals surface area contributed by atoms with Gasteiger partial charge in [-0.2, -0.15) is 5.10 Å². The lowest BCUT2D eigenvalue weighted by Gasteiger charge is -2.06. The van der Waals surface area contributed by atoms with Crippen LogP contribution in [0.4, 0.5) is 8.78 Å². The number of benzene rings is 1. The molecule has 4 nitrogen and oxygen atoms in total. The van der Waals surface area contributed by atoms with E-state index in [9.17, 15) is 8.78 Å². The van der Waals surface area contributed by atoms with Gasteiger partial charge in [0, 0.05) is 6.07 Å². The molecular formula is C11H12F2N4. The standard InChI is InChI=1S/C11H12F2N4/c1-14-5-11-15-7-16-17(11)6-8-2-9(12)4-10(13)3-8/h2-4,7,14H,5-6H2,1H3. The lowest BCUT2D eigenvalue weighted by molar-refractivity contribution is 0.568. The van der Waals surface area contributed by atoms with Crippen LogP contribution < -0.4 is 5.32 Å². The summed E-state index contributed by atoms with van der Waals surface area (Å²) in [6, 6.07) is 3.42. The predicted molar refractivity (Wildman–Crippen MR) is 58.2 cm³/mol. The van der Waals surface area contributed by atoms with Crippen molar-refractivity contribution >= 4 is 0 Å². The average molecular weight is 238 g/mol. The summed E-state index contributed by atoms with van der Waals surface area (Å²) in [6.07, 6.45) is 1.42. The summed E-state index contributed by atoms with van der Waals surface area (Å²) in [6.45, 7) is 0.851. The summed E-state index contributed by atoms with van der Waals surface area (Å²) >= 11 is 0. The normalized spacial score (nSPS) is 10.8. The van der Waals surface area contributed by atoms with Crippen molar-refractivity contribution in [1.29, 1.82) is 0 Å². The van der Waals surface area contributed by atoms with E-state index in [1.54, 1.807) is 11.7 Å². The minimum atomic E-state index is -0.588. The number of rotatable bonds is 4. The molecule has 2 rings (SSSR count).